The van der Waals surface area contributed by atoms with E-state index in [2.05, 4.69) is 0 Å². The van der Waals surface area contributed by atoms with Gasteiger partial charge < -0.3 is 5.11 Å². The second-order valence-corrected chi connectivity index (χ2v) is 3.89. The minimum atomic E-state index is -0.749. The second-order valence-electron chi connectivity index (χ2n) is 3.89. The van der Waals surface area contributed by atoms with Crippen LogP contribution in [0.5, 0.6) is 5.75 Å². The van der Waals surface area contributed by atoms with E-state index in [0.29, 0.717) is 5.56 Å². The molecule has 4 heteroatoms. The van der Waals surface area contributed by atoms with Gasteiger partial charge in [-0.3, -0.25) is 4.79 Å². The fourth-order valence-corrected chi connectivity index (χ4v) is 1.66. The van der Waals surface area contributed by atoms with Gasteiger partial charge in [0.25, 0.3) is 0 Å². The molecule has 0 saturated heterocycles. The lowest BCUT2D eigenvalue weighted by molar-refractivity contribution is 0.0988. The lowest BCUT2D eigenvalue weighted by Crippen LogP contribution is -2.06. The molecule has 0 aromatic heterocycles. The highest BCUT2D eigenvalue weighted by molar-refractivity contribution is 5.97. The molecule has 0 aliphatic heterocycles. The maximum atomic E-state index is 13.4. The predicted octanol–water partition coefficient (Wildman–Crippen LogP) is 3.10. The highest BCUT2D eigenvalue weighted by Crippen LogP contribution is 2.16. The van der Waals surface area contributed by atoms with E-state index in [9.17, 15) is 18.7 Å². The number of phenolic OH excluding ortho intramolecular Hbond substituents is 1. The number of Topliss-reactive ketones (excluding diaryl/α,β-unsaturated/α-hetero) is 1. The van der Waals surface area contributed by atoms with Gasteiger partial charge in [-0.2, -0.15) is 0 Å². The number of hydrogen-bond acceptors (Lipinski definition) is 2. The first-order valence-electron chi connectivity index (χ1n) is 5.32. The van der Waals surface area contributed by atoms with Crippen LogP contribution in [0.25, 0.3) is 0 Å². The van der Waals surface area contributed by atoms with Crippen molar-refractivity contribution in [2.24, 2.45) is 0 Å². The molecule has 1 N–H and O–H groups in total. The van der Waals surface area contributed by atoms with Crippen LogP contribution in [0, 0.1) is 11.6 Å². The van der Waals surface area contributed by atoms with E-state index in [1.807, 2.05) is 0 Å². The molecule has 0 amide bonds. The summed E-state index contributed by atoms with van der Waals surface area (Å²) in [6.45, 7) is 0. The van der Waals surface area contributed by atoms with Crippen LogP contribution in [0.2, 0.25) is 0 Å². The third-order valence-corrected chi connectivity index (χ3v) is 2.50. The van der Waals surface area contributed by atoms with Crippen molar-refractivity contribution in [3.05, 3.63) is 65.2 Å². The largest absolute Gasteiger partial charge is 0.508 e. The van der Waals surface area contributed by atoms with Crippen molar-refractivity contribution in [3.8, 4) is 5.75 Å². The Morgan fingerprint density at radius 2 is 1.89 bits per heavy atom. The standard InChI is InChI=1S/C14H10F2O2/c15-10-4-5-13(16)12(8-10)14(18)7-9-2-1-3-11(17)6-9/h1-6,8,17H,7H2. The molecule has 92 valence electrons. The molecular weight excluding hydrogens is 238 g/mol. The molecule has 2 aromatic carbocycles. The molecule has 0 atom stereocenters. The average Bonchev–Trinajstić information content (AvgIpc) is 2.32. The number of carbonyl (C=O) groups is 1. The van der Waals surface area contributed by atoms with E-state index in [0.717, 1.165) is 18.2 Å². The lowest BCUT2D eigenvalue weighted by Gasteiger charge is -2.03. The first kappa shape index (κ1) is 12.2. The van der Waals surface area contributed by atoms with E-state index >= 15 is 0 Å². The van der Waals surface area contributed by atoms with Crippen molar-refractivity contribution in [2.75, 3.05) is 0 Å². The van der Waals surface area contributed by atoms with Crippen LogP contribution >= 0.6 is 0 Å². The number of ketones is 1. The summed E-state index contributed by atoms with van der Waals surface area (Å²) in [5.74, 6) is -1.91. The maximum absolute atomic E-state index is 13.4. The fraction of sp³-hybridized carbons (Fsp3) is 0.0714. The van der Waals surface area contributed by atoms with Gasteiger partial charge >= 0.3 is 0 Å². The maximum Gasteiger partial charge on any atom is 0.170 e. The Morgan fingerprint density at radius 1 is 1.11 bits per heavy atom. The molecule has 0 fully saturated rings. The van der Waals surface area contributed by atoms with Crippen LogP contribution in [0.1, 0.15) is 15.9 Å². The van der Waals surface area contributed by atoms with Crippen molar-refractivity contribution in [1.82, 2.24) is 0 Å². The molecule has 0 radical (unpaired) electrons. The van der Waals surface area contributed by atoms with Crippen molar-refractivity contribution >= 4 is 5.78 Å². The zero-order valence-corrected chi connectivity index (χ0v) is 9.36. The van der Waals surface area contributed by atoms with Crippen molar-refractivity contribution in [3.63, 3.8) is 0 Å². The van der Waals surface area contributed by atoms with Crippen molar-refractivity contribution < 1.29 is 18.7 Å². The lowest BCUT2D eigenvalue weighted by atomic mass is 10.0. The highest BCUT2D eigenvalue weighted by Gasteiger charge is 2.13. The van der Waals surface area contributed by atoms with Gasteiger partial charge in [-0.1, -0.05) is 12.1 Å². The van der Waals surface area contributed by atoms with Crippen LogP contribution in [0.3, 0.4) is 0 Å². The third-order valence-electron chi connectivity index (χ3n) is 2.50. The van der Waals surface area contributed by atoms with E-state index < -0.39 is 17.4 Å². The average molecular weight is 248 g/mol. The van der Waals surface area contributed by atoms with E-state index in [1.54, 1.807) is 12.1 Å². The summed E-state index contributed by atoms with van der Waals surface area (Å²) in [6.07, 6.45) is -0.0885. The zero-order valence-electron chi connectivity index (χ0n) is 9.36. The van der Waals surface area contributed by atoms with Crippen molar-refractivity contribution in [1.29, 1.82) is 0 Å². The van der Waals surface area contributed by atoms with Crippen molar-refractivity contribution in [2.45, 2.75) is 6.42 Å². The van der Waals surface area contributed by atoms with Gasteiger partial charge in [0.1, 0.15) is 17.4 Å². The number of halogens is 2. The molecule has 0 saturated carbocycles. The third kappa shape index (κ3) is 2.71. The molecule has 0 aliphatic rings. The summed E-state index contributed by atoms with van der Waals surface area (Å²) >= 11 is 0. The van der Waals surface area contributed by atoms with E-state index in [-0.39, 0.29) is 17.7 Å². The summed E-state index contributed by atoms with van der Waals surface area (Å²) in [6, 6.07) is 8.85. The van der Waals surface area contributed by atoms with Crippen LogP contribution < -0.4 is 0 Å². The molecule has 2 nitrogen and oxygen atoms in total. The molecule has 0 unspecified atom stereocenters. The molecule has 0 aliphatic carbocycles. The Morgan fingerprint density at radius 3 is 2.61 bits per heavy atom. The molecule has 2 aromatic rings. The number of benzene rings is 2. The van der Waals surface area contributed by atoms with Crippen LogP contribution in [-0.4, -0.2) is 10.9 Å². The monoisotopic (exact) mass is 248 g/mol. The molecule has 0 heterocycles. The smallest absolute Gasteiger partial charge is 0.170 e. The first-order chi connectivity index (χ1) is 8.56. The van der Waals surface area contributed by atoms with Gasteiger partial charge in [0.2, 0.25) is 0 Å². The Kier molecular flexibility index (Phi) is 3.37. The first-order valence-corrected chi connectivity index (χ1v) is 5.32. The summed E-state index contributed by atoms with van der Waals surface area (Å²) in [4.78, 5) is 11.8. The second kappa shape index (κ2) is 4.96. The molecule has 0 bridgehead atoms. The number of aromatic hydroxyl groups is 1. The molecule has 2 rings (SSSR count). The minimum Gasteiger partial charge on any atom is -0.508 e. The topological polar surface area (TPSA) is 37.3 Å². The van der Waals surface area contributed by atoms with Crippen LogP contribution in [0.4, 0.5) is 8.78 Å². The SMILES string of the molecule is O=C(Cc1cccc(O)c1)c1cc(F)ccc1F. The van der Waals surface area contributed by atoms with Gasteiger partial charge in [-0.05, 0) is 35.9 Å². The normalized spacial score (nSPS) is 10.3. The number of carbonyl (C=O) groups excluding carboxylic acids is 1. The quantitative estimate of drug-likeness (QED) is 0.847. The van der Waals surface area contributed by atoms with Gasteiger partial charge in [-0.15, -0.1) is 0 Å². The van der Waals surface area contributed by atoms with Gasteiger partial charge in [0.05, 0.1) is 5.56 Å². The molecule has 0 spiro atoms. The zero-order chi connectivity index (χ0) is 13.1. The number of rotatable bonds is 3. The summed E-state index contributed by atoms with van der Waals surface area (Å²) in [5, 5.41) is 9.25. The fourth-order valence-electron chi connectivity index (χ4n) is 1.66. The number of phenols is 1. The highest BCUT2D eigenvalue weighted by atomic mass is 19.1. The van der Waals surface area contributed by atoms with Gasteiger partial charge in [0, 0.05) is 6.42 Å². The van der Waals surface area contributed by atoms with Crippen LogP contribution in [0.15, 0.2) is 42.5 Å². The van der Waals surface area contributed by atoms with E-state index in [1.165, 1.54) is 12.1 Å². The minimum absolute atomic E-state index is 0.0278. The van der Waals surface area contributed by atoms with Crippen LogP contribution in [-0.2, 0) is 6.42 Å². The Bertz CT molecular complexity index is 594. The predicted molar refractivity (Wildman–Crippen MR) is 62.5 cm³/mol. The summed E-state index contributed by atoms with van der Waals surface area (Å²) in [5.41, 5.74) is 0.266. The van der Waals surface area contributed by atoms with Gasteiger partial charge in [0.15, 0.2) is 5.78 Å². The molecular formula is C14H10F2O2. The Balaban J connectivity index is 2.24. The summed E-state index contributed by atoms with van der Waals surface area (Å²) in [7, 11) is 0. The van der Waals surface area contributed by atoms with E-state index in [4.69, 9.17) is 0 Å². The number of hydrogen-bond donors (Lipinski definition) is 1. The van der Waals surface area contributed by atoms with Gasteiger partial charge in [-0.25, -0.2) is 8.78 Å². The molecule has 18 heavy (non-hydrogen) atoms. The summed E-state index contributed by atoms with van der Waals surface area (Å²) < 4.78 is 26.3. The Hall–Kier alpha value is -2.23. The Labute approximate surface area is 103 Å².